The molecule has 0 spiro atoms. The molecule has 98 valence electrons. The zero-order valence-corrected chi connectivity index (χ0v) is 10.2. The maximum Gasteiger partial charge on any atom is 0.344 e. The lowest BCUT2D eigenvalue weighted by Gasteiger charge is -2.09. The number of carbonyl (C=O) groups excluding carboxylic acids is 1. The van der Waals surface area contributed by atoms with E-state index in [0.717, 1.165) is 0 Å². The van der Waals surface area contributed by atoms with Gasteiger partial charge in [0.25, 0.3) is 5.88 Å². The van der Waals surface area contributed by atoms with Gasteiger partial charge in [-0.3, -0.25) is 0 Å². The number of nitrogens with two attached hydrogens (primary N) is 2. The minimum absolute atomic E-state index is 0.0148. The predicted molar refractivity (Wildman–Crippen MR) is 68.8 cm³/mol. The van der Waals surface area contributed by atoms with Crippen molar-refractivity contribution in [3.05, 3.63) is 35.9 Å². The summed E-state index contributed by atoms with van der Waals surface area (Å²) in [5.74, 6) is -0.754. The number of rotatable bonds is 3. The van der Waals surface area contributed by atoms with Gasteiger partial charge in [0.1, 0.15) is 0 Å². The molecule has 7 heteroatoms. The number of esters is 1. The summed E-state index contributed by atoms with van der Waals surface area (Å²) in [6.07, 6.45) is 0. The SMILES string of the molecule is COc1nc(N)nc(OC(=O)c2ccccc2)c1N. The number of ether oxygens (including phenoxy) is 2. The fourth-order valence-electron chi connectivity index (χ4n) is 1.40. The van der Waals surface area contributed by atoms with Crippen LogP contribution in [0.4, 0.5) is 11.6 Å². The highest BCUT2D eigenvalue weighted by molar-refractivity contribution is 5.91. The van der Waals surface area contributed by atoms with E-state index in [1.54, 1.807) is 30.3 Å². The molecule has 0 amide bonds. The molecular weight excluding hydrogens is 248 g/mol. The third-order valence-electron chi connectivity index (χ3n) is 2.29. The summed E-state index contributed by atoms with van der Waals surface area (Å²) in [5, 5.41) is 0. The van der Waals surface area contributed by atoms with Crippen LogP contribution in [0.1, 0.15) is 10.4 Å². The van der Waals surface area contributed by atoms with Crippen molar-refractivity contribution in [3.63, 3.8) is 0 Å². The molecule has 19 heavy (non-hydrogen) atoms. The molecule has 0 aliphatic rings. The summed E-state index contributed by atoms with van der Waals surface area (Å²) in [6, 6.07) is 8.45. The van der Waals surface area contributed by atoms with Gasteiger partial charge in [0.15, 0.2) is 5.69 Å². The van der Waals surface area contributed by atoms with Crippen molar-refractivity contribution in [2.24, 2.45) is 0 Å². The molecule has 1 heterocycles. The Bertz CT molecular complexity index is 601. The van der Waals surface area contributed by atoms with Crippen molar-refractivity contribution in [3.8, 4) is 11.8 Å². The van der Waals surface area contributed by atoms with Crippen LogP contribution in [0.15, 0.2) is 30.3 Å². The van der Waals surface area contributed by atoms with Crippen molar-refractivity contribution in [2.75, 3.05) is 18.6 Å². The lowest BCUT2D eigenvalue weighted by Crippen LogP contribution is -2.13. The molecule has 4 N–H and O–H groups in total. The maximum absolute atomic E-state index is 11.9. The molecule has 0 radical (unpaired) electrons. The van der Waals surface area contributed by atoms with Crippen LogP contribution in [0, 0.1) is 0 Å². The van der Waals surface area contributed by atoms with Gasteiger partial charge in [0, 0.05) is 0 Å². The number of nitrogen functional groups attached to an aromatic ring is 2. The number of carbonyl (C=O) groups is 1. The third kappa shape index (κ3) is 2.71. The van der Waals surface area contributed by atoms with Crippen molar-refractivity contribution in [2.45, 2.75) is 0 Å². The quantitative estimate of drug-likeness (QED) is 0.787. The van der Waals surface area contributed by atoms with Crippen LogP contribution in [0.25, 0.3) is 0 Å². The minimum Gasteiger partial charge on any atom is -0.479 e. The summed E-state index contributed by atoms with van der Waals surface area (Å²) in [4.78, 5) is 19.4. The van der Waals surface area contributed by atoms with Crippen molar-refractivity contribution >= 4 is 17.6 Å². The summed E-state index contributed by atoms with van der Waals surface area (Å²) < 4.78 is 9.99. The molecule has 0 unspecified atom stereocenters. The van der Waals surface area contributed by atoms with E-state index >= 15 is 0 Å². The van der Waals surface area contributed by atoms with Crippen LogP contribution in [0.5, 0.6) is 11.8 Å². The minimum atomic E-state index is -0.590. The van der Waals surface area contributed by atoms with E-state index < -0.39 is 5.97 Å². The molecule has 2 aromatic rings. The molecule has 1 aromatic carbocycles. The molecule has 0 atom stereocenters. The van der Waals surface area contributed by atoms with Gasteiger partial charge in [0.2, 0.25) is 11.8 Å². The fraction of sp³-hybridized carbons (Fsp3) is 0.0833. The van der Waals surface area contributed by atoms with Crippen LogP contribution in [0.2, 0.25) is 0 Å². The van der Waals surface area contributed by atoms with Gasteiger partial charge in [-0.15, -0.1) is 0 Å². The Morgan fingerprint density at radius 1 is 1.11 bits per heavy atom. The number of anilines is 2. The Morgan fingerprint density at radius 2 is 1.74 bits per heavy atom. The Balaban J connectivity index is 2.29. The first kappa shape index (κ1) is 12.6. The molecule has 0 saturated carbocycles. The van der Waals surface area contributed by atoms with E-state index in [4.69, 9.17) is 20.9 Å². The zero-order valence-electron chi connectivity index (χ0n) is 10.2. The van der Waals surface area contributed by atoms with Crippen LogP contribution in [0.3, 0.4) is 0 Å². The monoisotopic (exact) mass is 260 g/mol. The second-order valence-electron chi connectivity index (χ2n) is 3.57. The first-order valence-corrected chi connectivity index (χ1v) is 5.36. The number of aromatic nitrogens is 2. The van der Waals surface area contributed by atoms with E-state index in [1.807, 2.05) is 0 Å². The molecule has 2 rings (SSSR count). The van der Waals surface area contributed by atoms with Crippen molar-refractivity contribution < 1.29 is 14.3 Å². The Hall–Kier alpha value is -2.83. The second-order valence-corrected chi connectivity index (χ2v) is 3.57. The molecule has 0 bridgehead atoms. The summed E-state index contributed by atoms with van der Waals surface area (Å²) >= 11 is 0. The Morgan fingerprint density at radius 3 is 2.37 bits per heavy atom. The van der Waals surface area contributed by atoms with Gasteiger partial charge in [0.05, 0.1) is 12.7 Å². The fourth-order valence-corrected chi connectivity index (χ4v) is 1.40. The van der Waals surface area contributed by atoms with E-state index in [1.165, 1.54) is 7.11 Å². The molecular formula is C12H12N4O3. The highest BCUT2D eigenvalue weighted by Crippen LogP contribution is 2.28. The number of methoxy groups -OCH3 is 1. The largest absolute Gasteiger partial charge is 0.479 e. The van der Waals surface area contributed by atoms with Crippen molar-refractivity contribution in [1.82, 2.24) is 9.97 Å². The van der Waals surface area contributed by atoms with Crippen molar-refractivity contribution in [1.29, 1.82) is 0 Å². The number of nitrogens with zero attached hydrogens (tertiary/aromatic N) is 2. The molecule has 0 aliphatic carbocycles. The standard InChI is InChI=1S/C12H12N4O3/c1-18-9-8(13)10(16-12(14)15-9)19-11(17)7-5-3-2-4-6-7/h2-6H,13H2,1H3,(H2,14,15,16). The zero-order chi connectivity index (χ0) is 13.8. The van der Waals surface area contributed by atoms with Gasteiger partial charge in [-0.25, -0.2) is 4.79 Å². The molecule has 0 fully saturated rings. The third-order valence-corrected chi connectivity index (χ3v) is 2.29. The van der Waals surface area contributed by atoms with E-state index in [-0.39, 0.29) is 23.4 Å². The lowest BCUT2D eigenvalue weighted by molar-refractivity contribution is 0.0728. The maximum atomic E-state index is 11.9. The van der Waals surface area contributed by atoms with Gasteiger partial charge in [-0.1, -0.05) is 18.2 Å². The summed E-state index contributed by atoms with van der Waals surface area (Å²) in [7, 11) is 1.38. The molecule has 1 aromatic heterocycles. The number of hydrogen-bond donors (Lipinski definition) is 2. The first-order valence-electron chi connectivity index (χ1n) is 5.36. The van der Waals surface area contributed by atoms with Gasteiger partial charge in [-0.05, 0) is 12.1 Å². The Labute approximate surface area is 109 Å². The molecule has 7 nitrogen and oxygen atoms in total. The van der Waals surface area contributed by atoms with Crippen LogP contribution >= 0.6 is 0 Å². The van der Waals surface area contributed by atoms with Crippen LogP contribution in [-0.4, -0.2) is 23.0 Å². The highest BCUT2D eigenvalue weighted by Gasteiger charge is 2.16. The number of hydrogen-bond acceptors (Lipinski definition) is 7. The molecule has 0 aliphatic heterocycles. The van der Waals surface area contributed by atoms with E-state index in [2.05, 4.69) is 9.97 Å². The number of benzene rings is 1. The van der Waals surface area contributed by atoms with Crippen LogP contribution in [-0.2, 0) is 0 Å². The molecule has 0 saturated heterocycles. The first-order chi connectivity index (χ1) is 9.11. The highest BCUT2D eigenvalue weighted by atomic mass is 16.5. The smallest absolute Gasteiger partial charge is 0.344 e. The van der Waals surface area contributed by atoms with Gasteiger partial charge < -0.3 is 20.9 Å². The van der Waals surface area contributed by atoms with Crippen LogP contribution < -0.4 is 20.9 Å². The average molecular weight is 260 g/mol. The Kier molecular flexibility index (Phi) is 3.46. The topological polar surface area (TPSA) is 113 Å². The summed E-state index contributed by atoms with van der Waals surface area (Å²) in [6.45, 7) is 0. The average Bonchev–Trinajstić information content (AvgIpc) is 2.43. The van der Waals surface area contributed by atoms with E-state index in [9.17, 15) is 4.79 Å². The van der Waals surface area contributed by atoms with Gasteiger partial charge in [-0.2, -0.15) is 9.97 Å². The summed E-state index contributed by atoms with van der Waals surface area (Å²) in [5.41, 5.74) is 11.6. The van der Waals surface area contributed by atoms with Gasteiger partial charge >= 0.3 is 5.97 Å². The predicted octanol–water partition coefficient (Wildman–Crippen LogP) is 0.869. The van der Waals surface area contributed by atoms with E-state index in [0.29, 0.717) is 5.56 Å². The lowest BCUT2D eigenvalue weighted by atomic mass is 10.2. The normalized spacial score (nSPS) is 9.95. The second kappa shape index (κ2) is 5.21.